The topological polar surface area (TPSA) is 59.0 Å². The van der Waals surface area contributed by atoms with Crippen LogP contribution in [0.5, 0.6) is 0 Å². The van der Waals surface area contributed by atoms with Crippen LogP contribution in [0.1, 0.15) is 31.1 Å². The van der Waals surface area contributed by atoms with Crippen molar-refractivity contribution in [1.29, 1.82) is 0 Å². The van der Waals surface area contributed by atoms with E-state index >= 15 is 0 Å². The largest absolute Gasteiger partial charge is 0.468 e. The molecule has 22 heavy (non-hydrogen) atoms. The molecule has 2 heterocycles. The van der Waals surface area contributed by atoms with Crippen LogP contribution in [-0.4, -0.2) is 35.4 Å². The highest BCUT2D eigenvalue weighted by Crippen LogP contribution is 2.13. The highest BCUT2D eigenvalue weighted by atomic mass is 16.5. The van der Waals surface area contributed by atoms with Crippen molar-refractivity contribution in [3.63, 3.8) is 0 Å². The van der Waals surface area contributed by atoms with Crippen molar-refractivity contribution in [1.82, 2.24) is 4.90 Å². The van der Waals surface area contributed by atoms with Crippen LogP contribution in [0, 0.1) is 6.92 Å². The van der Waals surface area contributed by atoms with Crippen molar-refractivity contribution in [2.45, 2.75) is 46.1 Å². The first-order valence-corrected chi connectivity index (χ1v) is 7.62. The van der Waals surface area contributed by atoms with Crippen molar-refractivity contribution in [3.05, 3.63) is 47.8 Å². The molecule has 0 saturated heterocycles. The van der Waals surface area contributed by atoms with Gasteiger partial charge in [-0.25, -0.2) is 0 Å². The second-order valence-electron chi connectivity index (χ2n) is 5.80. The summed E-state index contributed by atoms with van der Waals surface area (Å²) < 4.78 is 16.5. The molecule has 1 N–H and O–H groups in total. The van der Waals surface area contributed by atoms with Crippen molar-refractivity contribution in [3.8, 4) is 0 Å². The number of hydrogen-bond acceptors (Lipinski definition) is 5. The third-order valence-electron chi connectivity index (χ3n) is 3.23. The molecule has 1 unspecified atom stereocenters. The molecule has 2 aromatic rings. The van der Waals surface area contributed by atoms with Gasteiger partial charge in [-0.3, -0.25) is 4.90 Å². The SMILES string of the molecule is Cc1ccc(CN(Cc2ccco2)CC(O)COC(C)C)o1. The smallest absolute Gasteiger partial charge is 0.118 e. The zero-order valence-electron chi connectivity index (χ0n) is 13.5. The van der Waals surface area contributed by atoms with Gasteiger partial charge in [0.15, 0.2) is 0 Å². The van der Waals surface area contributed by atoms with Gasteiger partial charge in [0.2, 0.25) is 0 Å². The number of ether oxygens (including phenoxy) is 1. The molecule has 1 atom stereocenters. The third-order valence-corrected chi connectivity index (χ3v) is 3.23. The normalized spacial score (nSPS) is 13.2. The summed E-state index contributed by atoms with van der Waals surface area (Å²) in [5.74, 6) is 2.62. The molecule has 2 rings (SSSR count). The van der Waals surface area contributed by atoms with E-state index in [-0.39, 0.29) is 6.10 Å². The Balaban J connectivity index is 1.94. The summed E-state index contributed by atoms with van der Waals surface area (Å²) in [7, 11) is 0. The zero-order chi connectivity index (χ0) is 15.9. The van der Waals surface area contributed by atoms with Crippen LogP contribution in [-0.2, 0) is 17.8 Å². The third kappa shape index (κ3) is 5.67. The number of hydrogen-bond donors (Lipinski definition) is 1. The van der Waals surface area contributed by atoms with E-state index in [4.69, 9.17) is 13.6 Å². The van der Waals surface area contributed by atoms with Crippen LogP contribution >= 0.6 is 0 Å². The summed E-state index contributed by atoms with van der Waals surface area (Å²) in [4.78, 5) is 2.09. The van der Waals surface area contributed by atoms with Crippen LogP contribution in [0.15, 0.2) is 39.4 Å². The Hall–Kier alpha value is -1.56. The molecule has 0 saturated carbocycles. The maximum atomic E-state index is 10.2. The van der Waals surface area contributed by atoms with Crippen LogP contribution in [0.3, 0.4) is 0 Å². The molecule has 0 spiro atoms. The Morgan fingerprint density at radius 2 is 1.95 bits per heavy atom. The lowest BCUT2D eigenvalue weighted by molar-refractivity contribution is -0.0121. The molecule has 0 aliphatic rings. The van der Waals surface area contributed by atoms with E-state index in [0.29, 0.717) is 26.2 Å². The molecule has 5 heteroatoms. The number of aliphatic hydroxyl groups excluding tert-OH is 1. The number of aliphatic hydroxyl groups is 1. The van der Waals surface area contributed by atoms with Crippen LogP contribution in [0.4, 0.5) is 0 Å². The van der Waals surface area contributed by atoms with Gasteiger partial charge in [0.05, 0.1) is 38.2 Å². The number of nitrogens with zero attached hydrogens (tertiary/aromatic N) is 1. The second-order valence-corrected chi connectivity index (χ2v) is 5.80. The second kappa shape index (κ2) is 8.17. The molecule has 0 aromatic carbocycles. The first-order valence-electron chi connectivity index (χ1n) is 7.62. The van der Waals surface area contributed by atoms with Gasteiger partial charge in [0.1, 0.15) is 17.3 Å². The van der Waals surface area contributed by atoms with Gasteiger partial charge >= 0.3 is 0 Å². The van der Waals surface area contributed by atoms with Gasteiger partial charge in [0, 0.05) is 6.54 Å². The van der Waals surface area contributed by atoms with E-state index in [9.17, 15) is 5.11 Å². The van der Waals surface area contributed by atoms with Crippen molar-refractivity contribution < 1.29 is 18.7 Å². The Kier molecular flexibility index (Phi) is 6.24. The predicted molar refractivity (Wildman–Crippen MR) is 83.4 cm³/mol. The highest BCUT2D eigenvalue weighted by molar-refractivity contribution is 5.06. The average Bonchev–Trinajstić information content (AvgIpc) is 3.08. The Bertz CT molecular complexity index is 533. The fourth-order valence-electron chi connectivity index (χ4n) is 2.25. The van der Waals surface area contributed by atoms with E-state index in [2.05, 4.69) is 4.90 Å². The van der Waals surface area contributed by atoms with Crippen molar-refractivity contribution in [2.75, 3.05) is 13.2 Å². The molecule has 5 nitrogen and oxygen atoms in total. The average molecular weight is 307 g/mol. The molecule has 0 bridgehead atoms. The van der Waals surface area contributed by atoms with E-state index in [1.807, 2.05) is 45.0 Å². The minimum atomic E-state index is -0.548. The summed E-state index contributed by atoms with van der Waals surface area (Å²) >= 11 is 0. The fourth-order valence-corrected chi connectivity index (χ4v) is 2.25. The molecular weight excluding hydrogens is 282 g/mol. The first-order chi connectivity index (χ1) is 10.5. The maximum absolute atomic E-state index is 10.2. The van der Waals surface area contributed by atoms with Gasteiger partial charge in [-0.1, -0.05) is 0 Å². The summed E-state index contributed by atoms with van der Waals surface area (Å²) in [6, 6.07) is 7.69. The predicted octanol–water partition coefficient (Wildman–Crippen LogP) is 2.97. The van der Waals surface area contributed by atoms with Gasteiger partial charge < -0.3 is 18.7 Å². The maximum Gasteiger partial charge on any atom is 0.118 e. The summed E-state index contributed by atoms with van der Waals surface area (Å²) in [5.41, 5.74) is 0. The number of furan rings is 2. The standard InChI is InChI=1S/C17H25NO4/c1-13(2)21-12-15(19)9-18(10-16-5-4-8-20-16)11-17-7-6-14(3)22-17/h4-8,13,15,19H,9-12H2,1-3H3. The van der Waals surface area contributed by atoms with Gasteiger partial charge in [-0.15, -0.1) is 0 Å². The Morgan fingerprint density at radius 1 is 1.18 bits per heavy atom. The lowest BCUT2D eigenvalue weighted by Gasteiger charge is -2.23. The van der Waals surface area contributed by atoms with Gasteiger partial charge in [-0.2, -0.15) is 0 Å². The molecule has 0 aliphatic heterocycles. The summed E-state index contributed by atoms with van der Waals surface area (Å²) in [5, 5.41) is 10.2. The van der Waals surface area contributed by atoms with Gasteiger partial charge in [0.25, 0.3) is 0 Å². The van der Waals surface area contributed by atoms with Crippen LogP contribution in [0.25, 0.3) is 0 Å². The molecule has 2 aromatic heterocycles. The zero-order valence-corrected chi connectivity index (χ0v) is 13.5. The van der Waals surface area contributed by atoms with E-state index in [1.165, 1.54) is 0 Å². The Labute approximate surface area is 131 Å². The van der Waals surface area contributed by atoms with Crippen LogP contribution in [0.2, 0.25) is 0 Å². The lowest BCUT2D eigenvalue weighted by Crippen LogP contribution is -2.34. The number of aryl methyl sites for hydroxylation is 1. The molecular formula is C17H25NO4. The monoisotopic (exact) mass is 307 g/mol. The minimum Gasteiger partial charge on any atom is -0.468 e. The van der Waals surface area contributed by atoms with E-state index < -0.39 is 6.10 Å². The van der Waals surface area contributed by atoms with E-state index in [1.54, 1.807) is 6.26 Å². The Morgan fingerprint density at radius 3 is 2.55 bits per heavy atom. The minimum absolute atomic E-state index is 0.112. The molecule has 0 amide bonds. The van der Waals surface area contributed by atoms with Crippen molar-refractivity contribution >= 4 is 0 Å². The number of rotatable bonds is 9. The highest BCUT2D eigenvalue weighted by Gasteiger charge is 2.16. The van der Waals surface area contributed by atoms with Gasteiger partial charge in [-0.05, 0) is 45.0 Å². The van der Waals surface area contributed by atoms with E-state index in [0.717, 1.165) is 17.3 Å². The molecule has 0 radical (unpaired) electrons. The first kappa shape index (κ1) is 16.8. The summed E-state index contributed by atoms with van der Waals surface area (Å²) in [6.45, 7) is 7.89. The van der Waals surface area contributed by atoms with Crippen LogP contribution < -0.4 is 0 Å². The van der Waals surface area contributed by atoms with Crippen molar-refractivity contribution in [2.24, 2.45) is 0 Å². The summed E-state index contributed by atoms with van der Waals surface area (Å²) in [6.07, 6.45) is 1.22. The molecule has 0 aliphatic carbocycles. The molecule has 122 valence electrons. The fraction of sp³-hybridized carbons (Fsp3) is 0.529. The molecule has 0 fully saturated rings. The lowest BCUT2D eigenvalue weighted by atomic mass is 10.3. The quantitative estimate of drug-likeness (QED) is 0.772.